The fourth-order valence-electron chi connectivity index (χ4n) is 3.00. The van der Waals surface area contributed by atoms with Crippen molar-refractivity contribution in [3.8, 4) is 0 Å². The third-order valence-electron chi connectivity index (χ3n) is 5.87. The molecule has 0 aromatic heterocycles. The van der Waals surface area contributed by atoms with Crippen molar-refractivity contribution < 1.29 is 0 Å². The van der Waals surface area contributed by atoms with Gasteiger partial charge < -0.3 is 0 Å². The molecule has 2 aromatic carbocycles. The molecule has 0 saturated heterocycles. The Kier molecular flexibility index (Phi) is 10.1. The monoisotopic (exact) mass is 406 g/mol. The van der Waals surface area contributed by atoms with Crippen molar-refractivity contribution in [1.29, 1.82) is 0 Å². The molecule has 0 spiro atoms. The summed E-state index contributed by atoms with van der Waals surface area (Å²) in [6.45, 7) is 22.2. The molecule has 1 aliphatic carbocycles. The van der Waals surface area contributed by atoms with Gasteiger partial charge in [-0.05, 0) is 63.6 Å². The van der Waals surface area contributed by atoms with E-state index in [9.17, 15) is 0 Å². The van der Waals surface area contributed by atoms with E-state index in [-0.39, 0.29) is 0 Å². The van der Waals surface area contributed by atoms with Crippen LogP contribution in [-0.4, -0.2) is 0 Å². The van der Waals surface area contributed by atoms with E-state index in [2.05, 4.69) is 118 Å². The second kappa shape index (κ2) is 11.5. The van der Waals surface area contributed by atoms with E-state index in [4.69, 9.17) is 0 Å². The normalized spacial score (nSPS) is 16.1. The van der Waals surface area contributed by atoms with Crippen molar-refractivity contribution in [3.05, 3.63) is 65.3 Å². The highest BCUT2D eigenvalue weighted by Crippen LogP contribution is 2.41. The van der Waals surface area contributed by atoms with Gasteiger partial charge in [0.1, 0.15) is 0 Å². The Morgan fingerprint density at radius 1 is 0.800 bits per heavy atom. The zero-order valence-electron chi connectivity index (χ0n) is 21.4. The first kappa shape index (κ1) is 26.2. The summed E-state index contributed by atoms with van der Waals surface area (Å²) >= 11 is 0. The van der Waals surface area contributed by atoms with Crippen molar-refractivity contribution in [2.75, 3.05) is 0 Å². The van der Waals surface area contributed by atoms with Crippen LogP contribution < -0.4 is 0 Å². The fourth-order valence-corrected chi connectivity index (χ4v) is 3.00. The van der Waals surface area contributed by atoms with Crippen LogP contribution in [0.1, 0.15) is 99.6 Å². The van der Waals surface area contributed by atoms with Gasteiger partial charge >= 0.3 is 0 Å². The van der Waals surface area contributed by atoms with E-state index in [0.717, 1.165) is 12.8 Å². The Morgan fingerprint density at radius 2 is 1.33 bits per heavy atom. The summed E-state index contributed by atoms with van der Waals surface area (Å²) in [4.78, 5) is 0. The second-order valence-electron chi connectivity index (χ2n) is 10.7. The summed E-state index contributed by atoms with van der Waals surface area (Å²) in [6, 6.07) is 13.2. The van der Waals surface area contributed by atoms with Crippen molar-refractivity contribution >= 4 is 16.3 Å². The Labute approximate surface area is 187 Å². The number of allylic oxidation sites excluding steroid dienone is 4. The smallest absolute Gasteiger partial charge is 0.00165 e. The number of rotatable bonds is 1. The Bertz CT molecular complexity index is 834. The van der Waals surface area contributed by atoms with Crippen LogP contribution in [0, 0.1) is 10.8 Å². The van der Waals surface area contributed by atoms with Gasteiger partial charge in [0.25, 0.3) is 0 Å². The van der Waals surface area contributed by atoms with Crippen molar-refractivity contribution in [2.45, 2.75) is 94.9 Å². The lowest BCUT2D eigenvalue weighted by atomic mass is 9.94. The quantitative estimate of drug-likeness (QED) is 0.442. The molecule has 0 bridgehead atoms. The number of fused-ring (bicyclic) bond motifs is 3. The molecular formula is C30H46. The third kappa shape index (κ3) is 8.13. The van der Waals surface area contributed by atoms with E-state index in [1.54, 1.807) is 0 Å². The lowest BCUT2D eigenvalue weighted by molar-refractivity contribution is 0.397. The SMILES string of the molecule is C/C=C1\C(=C/CC)Cc2ccc3ccccc3c21.CCC(C)(C)C.CCC(C)(C)C. The van der Waals surface area contributed by atoms with E-state index < -0.39 is 0 Å². The molecule has 0 amide bonds. The maximum Gasteiger partial charge on any atom is -0.00165 e. The lowest BCUT2D eigenvalue weighted by Crippen LogP contribution is -2.00. The predicted molar refractivity (Wildman–Crippen MR) is 139 cm³/mol. The standard InChI is InChI=1S/C18H18.2C6H14/c1-3-7-14-12-15-11-10-13-8-5-6-9-17(13)18(15)16(14)4-2;2*1-5-6(2,3)4/h4-11H,3,12H2,1-2H3;2*5H2,1-4H3/b14-7-,16-4+;;. The third-order valence-corrected chi connectivity index (χ3v) is 5.87. The van der Waals surface area contributed by atoms with Crippen LogP contribution in [-0.2, 0) is 6.42 Å². The van der Waals surface area contributed by atoms with Gasteiger partial charge in [0.05, 0.1) is 0 Å². The van der Waals surface area contributed by atoms with E-state index >= 15 is 0 Å². The summed E-state index contributed by atoms with van der Waals surface area (Å²) in [5.74, 6) is 0. The van der Waals surface area contributed by atoms with Gasteiger partial charge in [-0.1, -0.05) is 124 Å². The molecule has 0 nitrogen and oxygen atoms in total. The Balaban J connectivity index is 0.000000312. The van der Waals surface area contributed by atoms with Gasteiger partial charge in [-0.25, -0.2) is 0 Å². The molecule has 1 aliphatic rings. The average Bonchev–Trinajstić information content (AvgIpc) is 3.06. The molecule has 2 aromatic rings. The molecule has 0 unspecified atom stereocenters. The first-order chi connectivity index (χ1) is 14.0. The summed E-state index contributed by atoms with van der Waals surface area (Å²) < 4.78 is 0. The minimum absolute atomic E-state index is 0.542. The molecule has 0 atom stereocenters. The Morgan fingerprint density at radius 3 is 1.80 bits per heavy atom. The zero-order chi connectivity index (χ0) is 22.9. The van der Waals surface area contributed by atoms with Gasteiger partial charge in [0.15, 0.2) is 0 Å². The first-order valence-corrected chi connectivity index (χ1v) is 11.8. The molecule has 0 fully saturated rings. The van der Waals surface area contributed by atoms with Gasteiger partial charge in [-0.2, -0.15) is 0 Å². The maximum absolute atomic E-state index is 2.37. The number of hydrogen-bond acceptors (Lipinski definition) is 0. The van der Waals surface area contributed by atoms with Crippen LogP contribution in [0.4, 0.5) is 0 Å². The molecule has 0 saturated carbocycles. The summed E-state index contributed by atoms with van der Waals surface area (Å²) in [5, 5.41) is 2.73. The zero-order valence-corrected chi connectivity index (χ0v) is 21.4. The topological polar surface area (TPSA) is 0 Å². The van der Waals surface area contributed by atoms with Gasteiger partial charge in [-0.15, -0.1) is 0 Å². The highest BCUT2D eigenvalue weighted by atomic mass is 14.3. The fraction of sp³-hybridized carbons (Fsp3) is 0.533. The largest absolute Gasteiger partial charge is 0.0806 e. The molecule has 0 aliphatic heterocycles. The van der Waals surface area contributed by atoms with Crippen LogP contribution >= 0.6 is 0 Å². The molecule has 166 valence electrons. The van der Waals surface area contributed by atoms with Crippen LogP contribution in [0.2, 0.25) is 0 Å². The predicted octanol–water partition coefficient (Wildman–Crippen LogP) is 10.0. The molecule has 0 radical (unpaired) electrons. The number of hydrogen-bond donors (Lipinski definition) is 0. The number of benzene rings is 2. The van der Waals surface area contributed by atoms with Crippen LogP contribution in [0.25, 0.3) is 16.3 Å². The Hall–Kier alpha value is -1.82. The second-order valence-corrected chi connectivity index (χ2v) is 10.7. The molecule has 30 heavy (non-hydrogen) atoms. The minimum atomic E-state index is 0.542. The minimum Gasteiger partial charge on any atom is -0.0806 e. The van der Waals surface area contributed by atoms with Crippen molar-refractivity contribution in [2.24, 2.45) is 10.8 Å². The van der Waals surface area contributed by atoms with E-state index in [1.165, 1.54) is 45.9 Å². The van der Waals surface area contributed by atoms with Crippen LogP contribution in [0.5, 0.6) is 0 Å². The van der Waals surface area contributed by atoms with Crippen LogP contribution in [0.3, 0.4) is 0 Å². The maximum atomic E-state index is 2.37. The molecule has 3 rings (SSSR count). The molecule has 0 N–H and O–H groups in total. The highest BCUT2D eigenvalue weighted by molar-refractivity contribution is 6.01. The summed E-state index contributed by atoms with van der Waals surface area (Å²) in [5.41, 5.74) is 6.94. The van der Waals surface area contributed by atoms with Gasteiger partial charge in [0.2, 0.25) is 0 Å². The highest BCUT2D eigenvalue weighted by Gasteiger charge is 2.22. The molecule has 0 heterocycles. The van der Waals surface area contributed by atoms with Crippen molar-refractivity contribution in [3.63, 3.8) is 0 Å². The summed E-state index contributed by atoms with van der Waals surface area (Å²) in [6.07, 6.45) is 9.37. The first-order valence-electron chi connectivity index (χ1n) is 11.8. The van der Waals surface area contributed by atoms with E-state index in [0.29, 0.717) is 10.8 Å². The molecule has 0 heteroatoms. The van der Waals surface area contributed by atoms with Gasteiger partial charge in [0, 0.05) is 0 Å². The average molecular weight is 407 g/mol. The summed E-state index contributed by atoms with van der Waals surface area (Å²) in [7, 11) is 0. The van der Waals surface area contributed by atoms with Crippen molar-refractivity contribution in [1.82, 2.24) is 0 Å². The molecular weight excluding hydrogens is 360 g/mol. The van der Waals surface area contributed by atoms with E-state index in [1.807, 2.05) is 0 Å². The van der Waals surface area contributed by atoms with Gasteiger partial charge in [-0.3, -0.25) is 0 Å². The lowest BCUT2D eigenvalue weighted by Gasteiger charge is -2.12. The van der Waals surface area contributed by atoms with Crippen LogP contribution in [0.15, 0.2) is 54.1 Å².